The van der Waals surface area contributed by atoms with Crippen LogP contribution in [0, 0.1) is 47.3 Å². The molecule has 0 aromatic carbocycles. The van der Waals surface area contributed by atoms with E-state index in [0.717, 1.165) is 35.5 Å². The SMILES string of the molecule is CC[C@H](C)[C@@H]1NC(=O)[C@H](CC2CC2)N(C)C(=O)C[C@@H](C(=O)N(C)C)N(C)C(=O)[C@H](C2CCCC2)N(C)C(=O)C2(CCCC2)NC(=O)[C@@H]2CCCN2C(=O)[C@H](CCC2CCC(C(F)(F)F)C(Cl)C2)NC(=O)CN(C)C(=O)[C@H](CC2CCC(C(F)(F)F)CC2)N2C[C@H](C)CC[C@@H](C2=O)N(C)C(=O)CN(C)C1=O. The lowest BCUT2D eigenvalue weighted by atomic mass is 9.78. The molecule has 1 spiro atoms. The minimum absolute atomic E-state index is 0.0111. The van der Waals surface area contributed by atoms with E-state index < -0.39 is 198 Å². The smallest absolute Gasteiger partial charge is 0.347 e. The third-order valence-electron chi connectivity index (χ3n) is 24.7. The second kappa shape index (κ2) is 35.7. The van der Waals surface area contributed by atoms with E-state index in [4.69, 9.17) is 11.6 Å². The van der Waals surface area contributed by atoms with E-state index in [2.05, 4.69) is 16.0 Å². The lowest BCUT2D eigenvalue weighted by molar-refractivity contribution is -0.184. The molecule has 8 fully saturated rings. The molecule has 105 heavy (non-hydrogen) atoms. The maximum absolute atomic E-state index is 15.6. The van der Waals surface area contributed by atoms with E-state index in [1.165, 1.54) is 90.7 Å². The molecular formula is C74H115ClF6N12O12. The number of nitrogens with zero attached hydrogens (tertiary/aromatic N) is 9. The van der Waals surface area contributed by atoms with E-state index in [9.17, 15) is 55.1 Å². The molecule has 2 bridgehead atoms. The van der Waals surface area contributed by atoms with Gasteiger partial charge in [0.25, 0.3) is 0 Å². The number of alkyl halides is 7. The highest BCUT2D eigenvalue weighted by Crippen LogP contribution is 2.45. The molecule has 3 N–H and O–H groups in total. The molecule has 12 amide bonds. The van der Waals surface area contributed by atoms with Crippen LogP contribution in [0.25, 0.3) is 0 Å². The van der Waals surface area contributed by atoms with Crippen LogP contribution in [-0.4, -0.2) is 269 Å². The lowest BCUT2D eigenvalue weighted by Crippen LogP contribution is -2.65. The van der Waals surface area contributed by atoms with Crippen molar-refractivity contribution in [1.29, 1.82) is 0 Å². The Bertz CT molecular complexity index is 3140. The van der Waals surface area contributed by atoms with Crippen LogP contribution in [0.15, 0.2) is 0 Å². The van der Waals surface area contributed by atoms with Crippen LogP contribution in [0.1, 0.15) is 194 Å². The molecular weight excluding hydrogens is 1400 g/mol. The Morgan fingerprint density at radius 1 is 0.590 bits per heavy atom. The summed E-state index contributed by atoms with van der Waals surface area (Å²) < 4.78 is 84.6. The fraction of sp³-hybridized carbons (Fsp3) is 0.838. The predicted octanol–water partition coefficient (Wildman–Crippen LogP) is 6.88. The largest absolute Gasteiger partial charge is 0.393 e. The molecule has 0 aromatic heterocycles. The van der Waals surface area contributed by atoms with Gasteiger partial charge < -0.3 is 60.0 Å². The van der Waals surface area contributed by atoms with Crippen LogP contribution in [-0.2, 0) is 57.5 Å². The highest BCUT2D eigenvalue weighted by Gasteiger charge is 2.53. The fourth-order valence-corrected chi connectivity index (χ4v) is 18.1. The second-order valence-electron chi connectivity index (χ2n) is 32.5. The maximum atomic E-state index is 15.6. The molecule has 3 aliphatic heterocycles. The summed E-state index contributed by atoms with van der Waals surface area (Å²) in [4.78, 5) is 192. The number of carbonyl (C=O) groups is 12. The predicted molar refractivity (Wildman–Crippen MR) is 377 cm³/mol. The minimum Gasteiger partial charge on any atom is -0.347 e. The first-order valence-corrected chi connectivity index (χ1v) is 38.8. The Morgan fingerprint density at radius 3 is 1.77 bits per heavy atom. The van der Waals surface area contributed by atoms with Gasteiger partial charge in [-0.05, 0) is 158 Å². The molecule has 5 aliphatic carbocycles. The topological polar surface area (TPSA) is 270 Å². The van der Waals surface area contributed by atoms with Gasteiger partial charge in [-0.3, -0.25) is 57.5 Å². The highest BCUT2D eigenvalue weighted by molar-refractivity contribution is 6.21. The van der Waals surface area contributed by atoms with Crippen LogP contribution in [0.3, 0.4) is 0 Å². The molecule has 13 atom stereocenters. The Labute approximate surface area is 619 Å². The van der Waals surface area contributed by atoms with Crippen LogP contribution >= 0.6 is 11.6 Å². The molecule has 8 rings (SSSR count). The van der Waals surface area contributed by atoms with Gasteiger partial charge in [-0.25, -0.2) is 0 Å². The zero-order chi connectivity index (χ0) is 77.5. The average Bonchev–Trinajstić information content (AvgIpc) is 1.71. The van der Waals surface area contributed by atoms with Crippen molar-refractivity contribution >= 4 is 82.5 Å². The molecule has 3 saturated heterocycles. The van der Waals surface area contributed by atoms with Gasteiger partial charge in [-0.1, -0.05) is 65.7 Å². The zero-order valence-corrected chi connectivity index (χ0v) is 64.1. The zero-order valence-electron chi connectivity index (χ0n) is 63.3. The summed E-state index contributed by atoms with van der Waals surface area (Å²) in [6.07, 6.45) is -3.59. The molecule has 0 radical (unpaired) electrons. The average molecular weight is 1510 g/mol. The quantitative estimate of drug-likeness (QED) is 0.141. The van der Waals surface area contributed by atoms with Gasteiger partial charge in [-0.15, -0.1) is 11.6 Å². The molecule has 24 nitrogen and oxygen atoms in total. The summed E-state index contributed by atoms with van der Waals surface area (Å²) in [6.45, 7) is 4.05. The summed E-state index contributed by atoms with van der Waals surface area (Å²) in [5, 5.41) is 7.47. The second-order valence-corrected chi connectivity index (χ2v) is 33.0. The Morgan fingerprint density at radius 2 is 1.19 bits per heavy atom. The number of likely N-dealkylation sites (N-methyl/N-ethyl adjacent to an activating group) is 7. The minimum atomic E-state index is -4.55. The van der Waals surface area contributed by atoms with Gasteiger partial charge in [0.2, 0.25) is 70.9 Å². The number of halogens is 7. The monoisotopic (exact) mass is 1510 g/mol. The van der Waals surface area contributed by atoms with Crippen LogP contribution in [0.2, 0.25) is 0 Å². The van der Waals surface area contributed by atoms with Gasteiger partial charge in [0.15, 0.2) is 0 Å². The number of rotatable bonds is 11. The first kappa shape index (κ1) is 84.1. The molecule has 5 saturated carbocycles. The Balaban J connectivity index is 1.18. The lowest BCUT2D eigenvalue weighted by Gasteiger charge is -2.42. The van der Waals surface area contributed by atoms with E-state index in [1.54, 1.807) is 6.92 Å². The third-order valence-corrected chi connectivity index (χ3v) is 25.2. The Hall–Kier alpha value is -6.49. The number of amides is 12. The normalized spacial score (nSPS) is 32.3. The molecule has 8 aliphatic rings. The number of hydrogen-bond donors (Lipinski definition) is 3. The van der Waals surface area contributed by atoms with Crippen LogP contribution < -0.4 is 16.0 Å². The van der Waals surface area contributed by atoms with Crippen molar-refractivity contribution in [3.63, 3.8) is 0 Å². The first-order chi connectivity index (χ1) is 49.3. The standard InChI is InChI=1S/C74H115ClF6N12O12/c1-12-44(3)61-69(103)87(7)42-60(96)88(8)54-32-21-43(2)40-93(68(54)102)57(38-47-24-28-49(29-25-47)73(76,77)78)67(101)86(6)41-58(94)82-52(31-27-45-26-30-50(51(75)36-45)74(79,80)81)65(99)92-35-17-20-53(92)64(98)84-72(33-15-16-34-72)71(105)91(11)62(48-18-13-14-19-48)70(104)90(10)56(66(100)85(4)5)39-59(95)89(9)55(63(97)83-61)37-46-22-23-46/h43-57,61-62H,12-42H2,1-11H3,(H,82,94)(H,83,97)(H,84,98)/t43-,44+,45?,47?,49?,50?,51?,52+,53+,54+,55+,56+,57+,61+,62+/m1/s1. The number of hydrogen-bond acceptors (Lipinski definition) is 12. The van der Waals surface area contributed by atoms with Crippen molar-refractivity contribution in [1.82, 2.24) is 60.0 Å². The fourth-order valence-electron chi connectivity index (χ4n) is 17.6. The van der Waals surface area contributed by atoms with Gasteiger partial charge >= 0.3 is 12.4 Å². The first-order valence-electron chi connectivity index (χ1n) is 38.3. The molecule has 0 aromatic rings. The van der Waals surface area contributed by atoms with Gasteiger partial charge in [0.05, 0.1) is 31.3 Å². The summed E-state index contributed by atoms with van der Waals surface area (Å²) in [7, 11) is 11.3. The number of fused-ring (bicyclic) bond motifs is 3. The molecule has 3 heterocycles. The number of nitrogens with one attached hydrogen (secondary N) is 3. The van der Waals surface area contributed by atoms with Crippen molar-refractivity contribution < 1.29 is 83.9 Å². The van der Waals surface area contributed by atoms with Crippen molar-refractivity contribution in [2.45, 2.75) is 266 Å². The summed E-state index contributed by atoms with van der Waals surface area (Å²) in [6, 6.07) is -10.3. The summed E-state index contributed by atoms with van der Waals surface area (Å²) in [5.74, 6) is -13.8. The summed E-state index contributed by atoms with van der Waals surface area (Å²) >= 11 is 6.41. The van der Waals surface area contributed by atoms with Gasteiger partial charge in [-0.2, -0.15) is 26.3 Å². The van der Waals surface area contributed by atoms with Gasteiger partial charge in [0.1, 0.15) is 53.9 Å². The molecule has 592 valence electrons. The van der Waals surface area contributed by atoms with Crippen LogP contribution in [0.4, 0.5) is 26.3 Å². The number of carbonyl (C=O) groups excluding carboxylic acids is 12. The van der Waals surface area contributed by atoms with E-state index >= 15 is 28.8 Å². The van der Waals surface area contributed by atoms with Crippen molar-refractivity contribution in [3.05, 3.63) is 0 Å². The van der Waals surface area contributed by atoms with E-state index in [-0.39, 0.29) is 121 Å². The molecule has 31 heteroatoms. The van der Waals surface area contributed by atoms with E-state index in [1.807, 2.05) is 13.8 Å². The molecule has 3 unspecified atom stereocenters. The highest BCUT2D eigenvalue weighted by atomic mass is 35.5. The third kappa shape index (κ3) is 20.5. The van der Waals surface area contributed by atoms with Crippen molar-refractivity contribution in [2.75, 3.05) is 82.6 Å². The van der Waals surface area contributed by atoms with Crippen LogP contribution in [0.5, 0.6) is 0 Å². The van der Waals surface area contributed by atoms with Crippen molar-refractivity contribution in [3.8, 4) is 0 Å². The maximum Gasteiger partial charge on any atom is 0.393 e. The Kier molecular flexibility index (Phi) is 28.6. The van der Waals surface area contributed by atoms with Gasteiger partial charge in [0, 0.05) is 74.8 Å². The van der Waals surface area contributed by atoms with Crippen molar-refractivity contribution in [2.24, 2.45) is 47.3 Å². The summed E-state index contributed by atoms with van der Waals surface area (Å²) in [5.41, 5.74) is -1.60. The van der Waals surface area contributed by atoms with E-state index in [0.29, 0.717) is 44.9 Å².